The summed E-state index contributed by atoms with van der Waals surface area (Å²) < 4.78 is 5.70. The van der Waals surface area contributed by atoms with Crippen molar-refractivity contribution in [1.82, 2.24) is 20.9 Å². The molecular weight excluding hydrogens is 392 g/mol. The lowest BCUT2D eigenvalue weighted by Crippen LogP contribution is -2.35. The molecule has 1 fully saturated rings. The van der Waals surface area contributed by atoms with Gasteiger partial charge < -0.3 is 25.1 Å². The summed E-state index contributed by atoms with van der Waals surface area (Å²) in [5, 5.41) is 21.0. The number of hydrogen-bond acceptors (Lipinski definition) is 7. The average molecular weight is 421 g/mol. The second-order valence-corrected chi connectivity index (χ2v) is 8.46. The quantitative estimate of drug-likeness (QED) is 0.366. The van der Waals surface area contributed by atoms with E-state index in [4.69, 9.17) is 4.42 Å². The molecule has 5 rings (SSSR count). The number of nitrogens with one attached hydrogen (secondary N) is 3. The third-order valence-electron chi connectivity index (χ3n) is 5.93. The van der Waals surface area contributed by atoms with Crippen LogP contribution >= 0.6 is 0 Å². The monoisotopic (exact) mass is 420 g/mol. The van der Waals surface area contributed by atoms with Crippen molar-refractivity contribution in [2.24, 2.45) is 5.92 Å². The molecule has 1 aliphatic carbocycles. The number of rotatable bonds is 9. The molecule has 162 valence electrons. The lowest BCUT2D eigenvalue weighted by atomic mass is 10.2. The Morgan fingerprint density at radius 1 is 1.23 bits per heavy atom. The average Bonchev–Trinajstić information content (AvgIpc) is 3.52. The van der Waals surface area contributed by atoms with Crippen LogP contribution in [-0.4, -0.2) is 35.8 Å². The smallest absolute Gasteiger partial charge is 0.193 e. The van der Waals surface area contributed by atoms with E-state index in [0.717, 1.165) is 24.7 Å². The summed E-state index contributed by atoms with van der Waals surface area (Å²) in [6.45, 7) is 2.36. The normalized spacial score (nSPS) is 20.9. The highest BCUT2D eigenvalue weighted by Gasteiger charge is 2.24. The number of aliphatic hydroxyl groups excluding tert-OH is 1. The van der Waals surface area contributed by atoms with Crippen molar-refractivity contribution in [3.63, 3.8) is 0 Å². The highest BCUT2D eigenvalue weighted by atomic mass is 16.4. The van der Waals surface area contributed by atoms with Gasteiger partial charge in [0.15, 0.2) is 17.4 Å². The van der Waals surface area contributed by atoms with Crippen LogP contribution in [-0.2, 0) is 0 Å². The summed E-state index contributed by atoms with van der Waals surface area (Å²) in [6.07, 6.45) is 11.6. The predicted octanol–water partition coefficient (Wildman–Crippen LogP) is 2.29. The standard InChI is InChI=1S/C24H28N4O3/c29-20-11-22(31-21-4-2-1-3-19(20)21)24(30)26-13-18-15-28-14-17(7-8-23(28)27-18)12-25-10-9-16-5-6-16/h1-4,7-8,11,14-16,23-27,30H,5-6,9-10,12-13H2/t23?,24-/m0/s1. The van der Waals surface area contributed by atoms with E-state index in [1.807, 2.05) is 6.20 Å². The van der Waals surface area contributed by atoms with Gasteiger partial charge in [-0.15, -0.1) is 0 Å². The molecule has 2 atom stereocenters. The van der Waals surface area contributed by atoms with Crippen LogP contribution in [0.15, 0.2) is 75.4 Å². The van der Waals surface area contributed by atoms with Gasteiger partial charge in [0, 0.05) is 37.3 Å². The van der Waals surface area contributed by atoms with Crippen molar-refractivity contribution in [1.29, 1.82) is 0 Å². The minimum atomic E-state index is -1.07. The van der Waals surface area contributed by atoms with E-state index in [2.05, 4.69) is 39.2 Å². The molecule has 2 aromatic rings. The Labute approximate surface area is 181 Å². The van der Waals surface area contributed by atoms with E-state index in [-0.39, 0.29) is 17.4 Å². The Hall–Kier alpha value is -2.87. The van der Waals surface area contributed by atoms with Crippen LogP contribution < -0.4 is 21.4 Å². The van der Waals surface area contributed by atoms with Gasteiger partial charge in [-0.05, 0) is 42.7 Å². The first-order valence-electron chi connectivity index (χ1n) is 10.9. The lowest BCUT2D eigenvalue weighted by Gasteiger charge is -2.24. The lowest BCUT2D eigenvalue weighted by molar-refractivity contribution is 0.117. The minimum absolute atomic E-state index is 0.0859. The largest absolute Gasteiger partial charge is 0.457 e. The summed E-state index contributed by atoms with van der Waals surface area (Å²) in [6, 6.07) is 8.37. The fourth-order valence-corrected chi connectivity index (χ4v) is 3.99. The molecule has 3 aliphatic rings. The van der Waals surface area contributed by atoms with E-state index >= 15 is 0 Å². The van der Waals surface area contributed by atoms with Gasteiger partial charge in [-0.25, -0.2) is 0 Å². The van der Waals surface area contributed by atoms with Gasteiger partial charge >= 0.3 is 0 Å². The predicted molar refractivity (Wildman–Crippen MR) is 120 cm³/mol. The molecule has 1 saturated carbocycles. The van der Waals surface area contributed by atoms with Crippen LogP contribution in [0.2, 0.25) is 0 Å². The van der Waals surface area contributed by atoms with Crippen LogP contribution in [0.1, 0.15) is 31.3 Å². The molecule has 0 saturated heterocycles. The number of nitrogens with zero attached hydrogens (tertiary/aromatic N) is 1. The van der Waals surface area contributed by atoms with Crippen molar-refractivity contribution < 1.29 is 9.52 Å². The first-order valence-corrected chi connectivity index (χ1v) is 10.9. The Bertz CT molecular complexity index is 1100. The van der Waals surface area contributed by atoms with Gasteiger partial charge in [0.05, 0.1) is 5.39 Å². The van der Waals surface area contributed by atoms with Crippen LogP contribution in [0.5, 0.6) is 0 Å². The van der Waals surface area contributed by atoms with Crippen molar-refractivity contribution >= 4 is 11.0 Å². The Kier molecular flexibility index (Phi) is 5.63. The van der Waals surface area contributed by atoms with Crippen molar-refractivity contribution in [3.05, 3.63) is 82.1 Å². The molecule has 1 unspecified atom stereocenters. The number of benzene rings is 1. The van der Waals surface area contributed by atoms with Crippen LogP contribution in [0.3, 0.4) is 0 Å². The maximum absolute atomic E-state index is 12.2. The van der Waals surface area contributed by atoms with E-state index in [1.165, 1.54) is 30.9 Å². The van der Waals surface area contributed by atoms with Crippen LogP contribution in [0, 0.1) is 5.92 Å². The molecule has 7 nitrogen and oxygen atoms in total. The molecule has 0 bridgehead atoms. The Morgan fingerprint density at radius 2 is 2.10 bits per heavy atom. The summed E-state index contributed by atoms with van der Waals surface area (Å²) in [4.78, 5) is 14.4. The highest BCUT2D eigenvalue weighted by molar-refractivity contribution is 5.76. The third-order valence-corrected chi connectivity index (χ3v) is 5.93. The maximum atomic E-state index is 12.2. The van der Waals surface area contributed by atoms with E-state index < -0.39 is 6.23 Å². The van der Waals surface area contributed by atoms with Gasteiger partial charge in [-0.2, -0.15) is 0 Å². The van der Waals surface area contributed by atoms with Gasteiger partial charge in [-0.1, -0.05) is 31.1 Å². The maximum Gasteiger partial charge on any atom is 0.193 e. The summed E-state index contributed by atoms with van der Waals surface area (Å²) in [7, 11) is 0. The molecule has 2 aliphatic heterocycles. The second-order valence-electron chi connectivity index (χ2n) is 8.46. The van der Waals surface area contributed by atoms with Gasteiger partial charge in [-0.3, -0.25) is 10.1 Å². The number of aliphatic hydroxyl groups is 1. The molecule has 7 heteroatoms. The summed E-state index contributed by atoms with van der Waals surface area (Å²) in [5.74, 6) is 1.16. The zero-order valence-electron chi connectivity index (χ0n) is 17.4. The summed E-state index contributed by atoms with van der Waals surface area (Å²) in [5.41, 5.74) is 2.50. The topological polar surface area (TPSA) is 89.8 Å². The summed E-state index contributed by atoms with van der Waals surface area (Å²) >= 11 is 0. The van der Waals surface area contributed by atoms with E-state index in [0.29, 0.717) is 17.5 Å². The minimum Gasteiger partial charge on any atom is -0.457 e. The zero-order valence-corrected chi connectivity index (χ0v) is 17.4. The van der Waals surface area contributed by atoms with Gasteiger partial charge in [0.1, 0.15) is 11.7 Å². The second kappa shape index (κ2) is 8.70. The zero-order chi connectivity index (χ0) is 21.2. The molecule has 4 N–H and O–H groups in total. The molecule has 0 amide bonds. The van der Waals surface area contributed by atoms with Gasteiger partial charge in [0.25, 0.3) is 0 Å². The molecular formula is C24H28N4O3. The fourth-order valence-electron chi connectivity index (χ4n) is 3.99. The van der Waals surface area contributed by atoms with Crippen LogP contribution in [0.25, 0.3) is 11.0 Å². The van der Waals surface area contributed by atoms with Crippen LogP contribution in [0.4, 0.5) is 0 Å². The molecule has 0 spiro atoms. The van der Waals surface area contributed by atoms with Crippen molar-refractivity contribution in [3.8, 4) is 0 Å². The molecule has 31 heavy (non-hydrogen) atoms. The molecule has 0 radical (unpaired) electrons. The van der Waals surface area contributed by atoms with Crippen molar-refractivity contribution in [2.45, 2.75) is 31.7 Å². The number of para-hydroxylation sites is 1. The number of hydrogen-bond donors (Lipinski definition) is 4. The van der Waals surface area contributed by atoms with Crippen molar-refractivity contribution in [2.75, 3.05) is 19.6 Å². The first-order chi connectivity index (χ1) is 15.2. The van der Waals surface area contributed by atoms with E-state index in [9.17, 15) is 9.90 Å². The Morgan fingerprint density at radius 3 is 2.97 bits per heavy atom. The molecule has 3 heterocycles. The van der Waals surface area contributed by atoms with E-state index in [1.54, 1.807) is 24.3 Å². The Balaban J connectivity index is 1.16. The highest BCUT2D eigenvalue weighted by Crippen LogP contribution is 2.31. The third kappa shape index (κ3) is 4.74. The first kappa shape index (κ1) is 20.1. The number of fused-ring (bicyclic) bond motifs is 2. The fraction of sp³-hybridized carbons (Fsp3) is 0.375. The molecule has 1 aromatic heterocycles. The van der Waals surface area contributed by atoms with Gasteiger partial charge in [0.2, 0.25) is 0 Å². The SMILES string of the molecule is O=c1cc([C@H](O)NCC2=CN3C=C(CNCCC4CC4)C=CC3N2)oc2ccccc12. The molecule has 1 aromatic carbocycles.